The van der Waals surface area contributed by atoms with Crippen LogP contribution in [0.5, 0.6) is 0 Å². The number of carbonyl (C=O) groups excluding carboxylic acids is 2. The second-order valence-electron chi connectivity index (χ2n) is 6.82. The van der Waals surface area contributed by atoms with Crippen LogP contribution in [0.25, 0.3) is 0 Å². The van der Waals surface area contributed by atoms with Gasteiger partial charge in [-0.2, -0.15) is 0 Å². The Balaban J connectivity index is 1.76. The van der Waals surface area contributed by atoms with Gasteiger partial charge in [-0.25, -0.2) is 0 Å². The molecule has 1 aliphatic heterocycles. The quantitative estimate of drug-likeness (QED) is 0.898. The lowest BCUT2D eigenvalue weighted by Gasteiger charge is -2.27. The van der Waals surface area contributed by atoms with E-state index in [4.69, 9.17) is 0 Å². The van der Waals surface area contributed by atoms with Crippen molar-refractivity contribution in [2.45, 2.75) is 38.1 Å². The van der Waals surface area contributed by atoms with Gasteiger partial charge in [0.2, 0.25) is 5.91 Å². The minimum atomic E-state index is -0.539. The number of amides is 2. The molecule has 4 nitrogen and oxygen atoms in total. The molecule has 136 valence electrons. The molecule has 1 atom stereocenters. The Labute approximate surface area is 155 Å². The summed E-state index contributed by atoms with van der Waals surface area (Å²) in [5, 5.41) is 2.97. The molecule has 0 bridgehead atoms. The molecule has 1 fully saturated rings. The lowest BCUT2D eigenvalue weighted by molar-refractivity contribution is -0.133. The SMILES string of the molecule is O=C(N[C@@H](Cc1ccccc1)C(=O)N1CCCCCC1)c1ccccc1. The number of nitrogens with zero attached hydrogens (tertiary/aromatic N) is 1. The van der Waals surface area contributed by atoms with Crippen molar-refractivity contribution in [1.29, 1.82) is 0 Å². The highest BCUT2D eigenvalue weighted by Crippen LogP contribution is 2.13. The van der Waals surface area contributed by atoms with Gasteiger partial charge in [0.25, 0.3) is 5.91 Å². The van der Waals surface area contributed by atoms with Crippen molar-refractivity contribution in [3.8, 4) is 0 Å². The first kappa shape index (κ1) is 18.2. The molecule has 2 aromatic rings. The third-order valence-corrected chi connectivity index (χ3v) is 4.84. The van der Waals surface area contributed by atoms with Crippen LogP contribution in [-0.2, 0) is 11.2 Å². The van der Waals surface area contributed by atoms with E-state index in [1.165, 1.54) is 12.8 Å². The predicted octanol–water partition coefficient (Wildman–Crippen LogP) is 3.43. The fourth-order valence-electron chi connectivity index (χ4n) is 3.39. The van der Waals surface area contributed by atoms with Crippen LogP contribution in [0.3, 0.4) is 0 Å². The van der Waals surface area contributed by atoms with Crippen LogP contribution < -0.4 is 5.32 Å². The van der Waals surface area contributed by atoms with Crippen LogP contribution in [0.4, 0.5) is 0 Å². The molecule has 4 heteroatoms. The molecule has 2 amide bonds. The van der Waals surface area contributed by atoms with Crippen LogP contribution in [0, 0.1) is 0 Å². The number of rotatable bonds is 5. The highest BCUT2D eigenvalue weighted by Gasteiger charge is 2.27. The van der Waals surface area contributed by atoms with Gasteiger partial charge in [0.1, 0.15) is 6.04 Å². The fraction of sp³-hybridized carbons (Fsp3) is 0.364. The van der Waals surface area contributed by atoms with E-state index in [9.17, 15) is 9.59 Å². The number of carbonyl (C=O) groups is 2. The highest BCUT2D eigenvalue weighted by atomic mass is 16.2. The molecule has 1 heterocycles. The molecule has 0 spiro atoms. The van der Waals surface area contributed by atoms with Crippen LogP contribution in [0.1, 0.15) is 41.6 Å². The van der Waals surface area contributed by atoms with Crippen molar-refractivity contribution in [3.05, 3.63) is 71.8 Å². The molecule has 0 aliphatic carbocycles. The monoisotopic (exact) mass is 350 g/mol. The second-order valence-corrected chi connectivity index (χ2v) is 6.82. The number of benzene rings is 2. The molecule has 0 radical (unpaired) electrons. The van der Waals surface area contributed by atoms with Gasteiger partial charge in [0, 0.05) is 25.1 Å². The third kappa shape index (κ3) is 4.94. The van der Waals surface area contributed by atoms with Crippen LogP contribution in [0.15, 0.2) is 60.7 Å². The minimum absolute atomic E-state index is 0.0278. The first-order valence-electron chi connectivity index (χ1n) is 9.42. The number of hydrogen-bond acceptors (Lipinski definition) is 2. The standard InChI is InChI=1S/C22H26N2O2/c25-21(19-13-7-4-8-14-19)23-20(17-18-11-5-3-6-12-18)22(26)24-15-9-1-2-10-16-24/h3-8,11-14,20H,1-2,9-10,15-17H2,(H,23,25)/t20-/m0/s1. The van der Waals surface area contributed by atoms with Gasteiger partial charge in [0.05, 0.1) is 0 Å². The van der Waals surface area contributed by atoms with Gasteiger partial charge in [-0.05, 0) is 30.5 Å². The van der Waals surface area contributed by atoms with Crippen LogP contribution >= 0.6 is 0 Å². The Morgan fingerprint density at radius 1 is 0.846 bits per heavy atom. The average Bonchev–Trinajstić information content (AvgIpc) is 2.98. The summed E-state index contributed by atoms with van der Waals surface area (Å²) >= 11 is 0. The Bertz CT molecular complexity index is 707. The maximum Gasteiger partial charge on any atom is 0.251 e. The first-order valence-corrected chi connectivity index (χ1v) is 9.42. The summed E-state index contributed by atoms with van der Waals surface area (Å²) in [6, 6.07) is 18.4. The van der Waals surface area contributed by atoms with Gasteiger partial charge in [0.15, 0.2) is 0 Å². The summed E-state index contributed by atoms with van der Waals surface area (Å²) in [5.74, 6) is -0.172. The molecule has 2 aromatic carbocycles. The molecule has 1 N–H and O–H groups in total. The maximum absolute atomic E-state index is 13.1. The lowest BCUT2D eigenvalue weighted by atomic mass is 10.0. The summed E-state index contributed by atoms with van der Waals surface area (Å²) in [6.07, 6.45) is 4.93. The van der Waals surface area contributed by atoms with Crippen molar-refractivity contribution < 1.29 is 9.59 Å². The molecule has 26 heavy (non-hydrogen) atoms. The Morgan fingerprint density at radius 3 is 2.04 bits per heavy atom. The average molecular weight is 350 g/mol. The zero-order valence-electron chi connectivity index (χ0n) is 15.1. The number of nitrogens with one attached hydrogen (secondary N) is 1. The van der Waals surface area contributed by atoms with Crippen LogP contribution in [-0.4, -0.2) is 35.8 Å². The Morgan fingerprint density at radius 2 is 1.42 bits per heavy atom. The van der Waals surface area contributed by atoms with Crippen molar-refractivity contribution in [3.63, 3.8) is 0 Å². The minimum Gasteiger partial charge on any atom is -0.341 e. The van der Waals surface area contributed by atoms with Crippen molar-refractivity contribution in [1.82, 2.24) is 10.2 Å². The van der Waals surface area contributed by atoms with Gasteiger partial charge in [-0.15, -0.1) is 0 Å². The smallest absolute Gasteiger partial charge is 0.251 e. The molecule has 1 aliphatic rings. The normalized spacial score (nSPS) is 15.8. The zero-order chi connectivity index (χ0) is 18.2. The lowest BCUT2D eigenvalue weighted by Crippen LogP contribution is -2.50. The molecule has 0 saturated carbocycles. The number of hydrogen-bond donors (Lipinski definition) is 1. The molecule has 0 aromatic heterocycles. The Kier molecular flexibility index (Phi) is 6.42. The predicted molar refractivity (Wildman–Crippen MR) is 103 cm³/mol. The van der Waals surface area contributed by atoms with Crippen molar-refractivity contribution in [2.75, 3.05) is 13.1 Å². The topological polar surface area (TPSA) is 49.4 Å². The van der Waals surface area contributed by atoms with Crippen molar-refractivity contribution >= 4 is 11.8 Å². The molecular weight excluding hydrogens is 324 g/mol. The summed E-state index contributed by atoms with van der Waals surface area (Å²) in [7, 11) is 0. The van der Waals surface area contributed by atoms with E-state index >= 15 is 0 Å². The summed E-state index contributed by atoms with van der Waals surface area (Å²) in [5.41, 5.74) is 1.63. The fourth-order valence-corrected chi connectivity index (χ4v) is 3.39. The van der Waals surface area contributed by atoms with E-state index < -0.39 is 6.04 Å². The van der Waals surface area contributed by atoms with E-state index in [1.807, 2.05) is 53.4 Å². The molecule has 1 saturated heterocycles. The molecule has 3 rings (SSSR count). The molecule has 0 unspecified atom stereocenters. The van der Waals surface area contributed by atoms with E-state index in [-0.39, 0.29) is 11.8 Å². The molecular formula is C22H26N2O2. The summed E-state index contributed by atoms with van der Waals surface area (Å²) in [4.78, 5) is 27.7. The second kappa shape index (κ2) is 9.18. The van der Waals surface area contributed by atoms with E-state index in [0.717, 1.165) is 31.5 Å². The van der Waals surface area contributed by atoms with Gasteiger partial charge in [-0.3, -0.25) is 9.59 Å². The Hall–Kier alpha value is -2.62. The van der Waals surface area contributed by atoms with E-state index in [1.54, 1.807) is 12.1 Å². The van der Waals surface area contributed by atoms with Gasteiger partial charge < -0.3 is 10.2 Å². The third-order valence-electron chi connectivity index (χ3n) is 4.84. The van der Waals surface area contributed by atoms with Gasteiger partial charge >= 0.3 is 0 Å². The number of likely N-dealkylation sites (tertiary alicyclic amines) is 1. The maximum atomic E-state index is 13.1. The first-order chi connectivity index (χ1) is 12.7. The van der Waals surface area contributed by atoms with Crippen LogP contribution in [0.2, 0.25) is 0 Å². The summed E-state index contributed by atoms with van der Waals surface area (Å²) in [6.45, 7) is 1.57. The van der Waals surface area contributed by atoms with Crippen molar-refractivity contribution in [2.24, 2.45) is 0 Å². The van der Waals surface area contributed by atoms with E-state index in [2.05, 4.69) is 5.32 Å². The largest absolute Gasteiger partial charge is 0.341 e. The van der Waals surface area contributed by atoms with Gasteiger partial charge in [-0.1, -0.05) is 61.4 Å². The summed E-state index contributed by atoms with van der Waals surface area (Å²) < 4.78 is 0. The zero-order valence-corrected chi connectivity index (χ0v) is 15.1. The van der Waals surface area contributed by atoms with E-state index in [0.29, 0.717) is 12.0 Å². The highest BCUT2D eigenvalue weighted by molar-refractivity contribution is 5.97.